The summed E-state index contributed by atoms with van der Waals surface area (Å²) in [5.41, 5.74) is 4.62. The molecule has 0 radical (unpaired) electrons. The van der Waals surface area contributed by atoms with Crippen LogP contribution in [0.5, 0.6) is 5.75 Å². The molecule has 4 aromatic rings. The lowest BCUT2D eigenvalue weighted by Crippen LogP contribution is -2.10. The number of carbonyl (C=O) groups excluding carboxylic acids is 1. The number of ether oxygens (including phenoxy) is 1. The minimum Gasteiger partial charge on any atom is -0.496 e. The third kappa shape index (κ3) is 3.55. The van der Waals surface area contributed by atoms with Crippen LogP contribution in [0, 0.1) is 6.92 Å². The highest BCUT2D eigenvalue weighted by Crippen LogP contribution is 2.32. The molecule has 0 atom stereocenters. The third-order valence-corrected chi connectivity index (χ3v) is 5.18. The van der Waals surface area contributed by atoms with Crippen LogP contribution in [0.1, 0.15) is 15.2 Å². The number of benzene rings is 2. The summed E-state index contributed by atoms with van der Waals surface area (Å²) >= 11 is 1.41. The third-order valence-electron chi connectivity index (χ3n) is 4.31. The second-order valence-corrected chi connectivity index (χ2v) is 7.19. The van der Waals surface area contributed by atoms with Gasteiger partial charge in [-0.1, -0.05) is 29.8 Å². The molecular formula is C22H18N2O2S. The fourth-order valence-corrected chi connectivity index (χ4v) is 3.61. The number of anilines is 1. The number of thiophene rings is 1. The van der Waals surface area contributed by atoms with E-state index in [1.54, 1.807) is 13.2 Å². The fraction of sp³-hybridized carbons (Fsp3) is 0.0909. The maximum absolute atomic E-state index is 12.3. The zero-order valence-corrected chi connectivity index (χ0v) is 15.8. The Hall–Kier alpha value is -3.18. The van der Waals surface area contributed by atoms with Gasteiger partial charge in [0.05, 0.1) is 23.2 Å². The lowest BCUT2D eigenvalue weighted by molar-refractivity contribution is 0.103. The Morgan fingerprint density at radius 1 is 1.07 bits per heavy atom. The number of nitrogens with one attached hydrogen (secondary N) is 1. The van der Waals surface area contributed by atoms with Gasteiger partial charge in [0.15, 0.2) is 0 Å². The molecule has 1 N–H and O–H groups in total. The normalized spacial score (nSPS) is 10.7. The number of nitrogens with zero attached hydrogens (tertiary/aromatic N) is 1. The summed E-state index contributed by atoms with van der Waals surface area (Å²) in [4.78, 5) is 17.7. The summed E-state index contributed by atoms with van der Waals surface area (Å²) < 4.78 is 5.60. The minimum absolute atomic E-state index is 0.118. The van der Waals surface area contributed by atoms with Crippen LogP contribution in [0.25, 0.3) is 22.2 Å². The molecule has 0 aliphatic heterocycles. The minimum atomic E-state index is -0.118. The van der Waals surface area contributed by atoms with Crippen molar-refractivity contribution in [2.75, 3.05) is 12.4 Å². The molecule has 0 unspecified atom stereocenters. The summed E-state index contributed by atoms with van der Waals surface area (Å²) in [6.45, 7) is 2.06. The van der Waals surface area contributed by atoms with Crippen molar-refractivity contribution in [2.45, 2.75) is 6.92 Å². The van der Waals surface area contributed by atoms with Gasteiger partial charge in [-0.2, -0.15) is 0 Å². The van der Waals surface area contributed by atoms with Gasteiger partial charge in [-0.15, -0.1) is 11.3 Å². The Bertz CT molecular complexity index is 1120. The zero-order chi connectivity index (χ0) is 18.8. The van der Waals surface area contributed by atoms with E-state index in [-0.39, 0.29) is 5.91 Å². The predicted molar refractivity (Wildman–Crippen MR) is 111 cm³/mol. The average molecular weight is 374 g/mol. The van der Waals surface area contributed by atoms with E-state index in [0.717, 1.165) is 27.9 Å². The van der Waals surface area contributed by atoms with Crippen molar-refractivity contribution in [2.24, 2.45) is 0 Å². The van der Waals surface area contributed by atoms with E-state index >= 15 is 0 Å². The first-order valence-electron chi connectivity index (χ1n) is 8.55. The van der Waals surface area contributed by atoms with E-state index in [1.165, 1.54) is 16.9 Å². The molecule has 5 heteroatoms. The molecule has 2 aromatic carbocycles. The van der Waals surface area contributed by atoms with Crippen LogP contribution >= 0.6 is 11.3 Å². The Balaban J connectivity index is 1.73. The maximum atomic E-state index is 12.3. The second kappa shape index (κ2) is 7.21. The second-order valence-electron chi connectivity index (χ2n) is 6.24. The summed E-state index contributed by atoms with van der Waals surface area (Å²) in [7, 11) is 1.64. The number of amides is 1. The topological polar surface area (TPSA) is 51.2 Å². The van der Waals surface area contributed by atoms with Crippen molar-refractivity contribution in [1.29, 1.82) is 0 Å². The molecule has 4 rings (SSSR count). The van der Waals surface area contributed by atoms with Gasteiger partial charge in [0, 0.05) is 22.7 Å². The number of methoxy groups -OCH3 is 1. The highest BCUT2D eigenvalue weighted by Gasteiger charge is 2.11. The number of aryl methyl sites for hydroxylation is 1. The number of hydrogen-bond donors (Lipinski definition) is 1. The van der Waals surface area contributed by atoms with Gasteiger partial charge in [0.25, 0.3) is 5.91 Å². The van der Waals surface area contributed by atoms with E-state index in [4.69, 9.17) is 9.72 Å². The van der Waals surface area contributed by atoms with E-state index in [1.807, 2.05) is 47.8 Å². The van der Waals surface area contributed by atoms with Gasteiger partial charge in [-0.25, -0.2) is 4.98 Å². The summed E-state index contributed by atoms with van der Waals surface area (Å²) in [5.74, 6) is 0.608. The largest absolute Gasteiger partial charge is 0.496 e. The molecule has 0 saturated heterocycles. The molecule has 0 spiro atoms. The van der Waals surface area contributed by atoms with Crippen molar-refractivity contribution in [3.63, 3.8) is 0 Å². The quantitative estimate of drug-likeness (QED) is 0.511. The van der Waals surface area contributed by atoms with Crippen LogP contribution in [0.4, 0.5) is 5.69 Å². The van der Waals surface area contributed by atoms with Gasteiger partial charge in [0.2, 0.25) is 0 Å². The molecule has 0 aliphatic carbocycles. The van der Waals surface area contributed by atoms with Crippen LogP contribution in [0.15, 0.2) is 66.0 Å². The smallest absolute Gasteiger partial charge is 0.265 e. The van der Waals surface area contributed by atoms with E-state index in [9.17, 15) is 4.79 Å². The Kier molecular flexibility index (Phi) is 4.60. The number of hydrogen-bond acceptors (Lipinski definition) is 4. The van der Waals surface area contributed by atoms with E-state index < -0.39 is 0 Å². The highest BCUT2D eigenvalue weighted by atomic mass is 32.1. The molecule has 0 saturated carbocycles. The first kappa shape index (κ1) is 17.2. The van der Waals surface area contributed by atoms with Crippen LogP contribution < -0.4 is 10.1 Å². The monoisotopic (exact) mass is 374 g/mol. The highest BCUT2D eigenvalue weighted by molar-refractivity contribution is 7.12. The van der Waals surface area contributed by atoms with Crippen molar-refractivity contribution in [3.05, 3.63) is 76.5 Å². The van der Waals surface area contributed by atoms with Crippen molar-refractivity contribution < 1.29 is 9.53 Å². The molecule has 1 amide bonds. The van der Waals surface area contributed by atoms with Gasteiger partial charge >= 0.3 is 0 Å². The lowest BCUT2D eigenvalue weighted by atomic mass is 10.1. The predicted octanol–water partition coefficient (Wildman–Crippen LogP) is 5.53. The SMILES string of the molecule is COc1cc(-c2cccc(C)c2)nc2ccc(NC(=O)c3cccs3)cc12. The summed E-state index contributed by atoms with van der Waals surface area (Å²) in [6, 6.07) is 19.5. The van der Waals surface area contributed by atoms with Gasteiger partial charge < -0.3 is 10.1 Å². The Labute approximate surface area is 161 Å². The van der Waals surface area contributed by atoms with Gasteiger partial charge in [0.1, 0.15) is 5.75 Å². The number of rotatable bonds is 4. The molecular weight excluding hydrogens is 356 g/mol. The first-order valence-corrected chi connectivity index (χ1v) is 9.43. The van der Waals surface area contributed by atoms with Crippen molar-refractivity contribution in [3.8, 4) is 17.0 Å². The average Bonchev–Trinajstić information content (AvgIpc) is 3.22. The van der Waals surface area contributed by atoms with Crippen LogP contribution in [-0.4, -0.2) is 18.0 Å². The standard InChI is InChI=1S/C22H18N2O2S/c1-14-5-3-6-15(11-14)19-13-20(26-2)17-12-16(8-9-18(17)24-19)23-22(25)21-7-4-10-27-21/h3-13H,1-2H3,(H,23,25). The van der Waals surface area contributed by atoms with Crippen LogP contribution in [0.2, 0.25) is 0 Å². The summed E-state index contributed by atoms with van der Waals surface area (Å²) in [6.07, 6.45) is 0. The van der Waals surface area contributed by atoms with Crippen molar-refractivity contribution >= 4 is 33.8 Å². The number of pyridine rings is 1. The van der Waals surface area contributed by atoms with Crippen LogP contribution in [0.3, 0.4) is 0 Å². The molecule has 0 fully saturated rings. The number of fused-ring (bicyclic) bond motifs is 1. The molecule has 134 valence electrons. The van der Waals surface area contributed by atoms with Crippen molar-refractivity contribution in [1.82, 2.24) is 4.98 Å². The lowest BCUT2D eigenvalue weighted by Gasteiger charge is -2.11. The molecule has 4 nitrogen and oxygen atoms in total. The van der Waals surface area contributed by atoms with Gasteiger partial charge in [-0.3, -0.25) is 4.79 Å². The van der Waals surface area contributed by atoms with E-state index in [0.29, 0.717) is 10.6 Å². The zero-order valence-electron chi connectivity index (χ0n) is 15.0. The molecule has 2 heterocycles. The molecule has 2 aromatic heterocycles. The van der Waals surface area contributed by atoms with E-state index in [2.05, 4.69) is 24.4 Å². The number of carbonyl (C=O) groups is 1. The number of aromatic nitrogens is 1. The molecule has 0 aliphatic rings. The fourth-order valence-electron chi connectivity index (χ4n) is 2.99. The first-order chi connectivity index (χ1) is 13.1. The maximum Gasteiger partial charge on any atom is 0.265 e. The molecule has 0 bridgehead atoms. The van der Waals surface area contributed by atoms with Gasteiger partial charge in [-0.05, 0) is 42.6 Å². The Morgan fingerprint density at radius 3 is 2.70 bits per heavy atom. The molecule has 27 heavy (non-hydrogen) atoms. The Morgan fingerprint density at radius 2 is 1.96 bits per heavy atom. The van der Waals surface area contributed by atoms with Crippen LogP contribution in [-0.2, 0) is 0 Å². The summed E-state index contributed by atoms with van der Waals surface area (Å²) in [5, 5.41) is 5.67.